The van der Waals surface area contributed by atoms with Gasteiger partial charge in [-0.25, -0.2) is 0 Å². The second-order valence-corrected chi connectivity index (χ2v) is 8.33. The van der Waals surface area contributed by atoms with Crippen LogP contribution in [0.15, 0.2) is 29.3 Å². The number of rotatable bonds is 6. The summed E-state index contributed by atoms with van der Waals surface area (Å²) in [6.45, 7) is 4.60. The number of aliphatic imine (C=N–C) groups is 1. The van der Waals surface area contributed by atoms with Crippen molar-refractivity contribution in [3.05, 3.63) is 35.4 Å². The van der Waals surface area contributed by atoms with Gasteiger partial charge in [0.05, 0.1) is 5.41 Å². The summed E-state index contributed by atoms with van der Waals surface area (Å²) in [4.78, 5) is 21.3. The summed E-state index contributed by atoms with van der Waals surface area (Å²) in [6, 6.07) is 8.73. The van der Waals surface area contributed by atoms with Crippen LogP contribution in [0.5, 0.6) is 0 Å². The van der Waals surface area contributed by atoms with Gasteiger partial charge in [-0.3, -0.25) is 14.7 Å². The van der Waals surface area contributed by atoms with Gasteiger partial charge in [-0.05, 0) is 30.4 Å². The number of carbonyl (C=O) groups is 1. The lowest BCUT2D eigenvalue weighted by Crippen LogP contribution is -2.50. The Morgan fingerprint density at radius 3 is 2.57 bits per heavy atom. The molecule has 0 atom stereocenters. The van der Waals surface area contributed by atoms with Crippen molar-refractivity contribution in [2.24, 2.45) is 10.4 Å². The second-order valence-electron chi connectivity index (χ2n) is 8.33. The third-order valence-corrected chi connectivity index (χ3v) is 6.17. The lowest BCUT2D eigenvalue weighted by atomic mass is 9.84. The van der Waals surface area contributed by atoms with E-state index in [1.165, 1.54) is 11.1 Å². The Morgan fingerprint density at radius 2 is 1.89 bits per heavy atom. The molecule has 3 rings (SSSR count). The van der Waals surface area contributed by atoms with Crippen molar-refractivity contribution in [2.75, 3.05) is 47.3 Å². The van der Waals surface area contributed by atoms with E-state index in [0.717, 1.165) is 64.2 Å². The third-order valence-electron chi connectivity index (χ3n) is 6.17. The molecule has 28 heavy (non-hydrogen) atoms. The number of nitrogens with zero attached hydrogens (tertiary/aromatic N) is 3. The summed E-state index contributed by atoms with van der Waals surface area (Å²) >= 11 is 0. The van der Waals surface area contributed by atoms with Gasteiger partial charge in [0, 0.05) is 53.9 Å². The molecule has 1 saturated carbocycles. The molecular weight excluding hydrogens is 350 g/mol. The van der Waals surface area contributed by atoms with Crippen LogP contribution in [-0.2, 0) is 17.8 Å². The second kappa shape index (κ2) is 9.41. The van der Waals surface area contributed by atoms with Crippen molar-refractivity contribution in [3.63, 3.8) is 0 Å². The molecule has 1 fully saturated rings. The number of benzene rings is 1. The van der Waals surface area contributed by atoms with Crippen molar-refractivity contribution in [1.82, 2.24) is 20.4 Å². The summed E-state index contributed by atoms with van der Waals surface area (Å²) in [5, 5.41) is 6.84. The first-order valence-corrected chi connectivity index (χ1v) is 10.5. The lowest BCUT2D eigenvalue weighted by molar-refractivity contribution is -0.138. The molecule has 1 aromatic carbocycles. The molecule has 0 spiro atoms. The van der Waals surface area contributed by atoms with Crippen LogP contribution in [-0.4, -0.2) is 69.0 Å². The average molecular weight is 386 g/mol. The minimum atomic E-state index is -0.280. The standard InChI is InChI=1S/C22H35N5O/c1-23-21(25-17-22(11-6-7-12-22)20(28)26(2)3)24-13-15-27-14-10-18-8-4-5-9-19(18)16-27/h4-5,8-9H,6-7,10-17H2,1-3H3,(H2,23,24,25). The molecule has 0 aromatic heterocycles. The number of hydrogen-bond acceptors (Lipinski definition) is 3. The quantitative estimate of drug-likeness (QED) is 0.580. The highest BCUT2D eigenvalue weighted by Crippen LogP contribution is 2.38. The van der Waals surface area contributed by atoms with Crippen LogP contribution in [0.25, 0.3) is 0 Å². The Labute approximate surface area is 169 Å². The molecule has 154 valence electrons. The predicted octanol–water partition coefficient (Wildman–Crippen LogP) is 1.86. The van der Waals surface area contributed by atoms with Crippen molar-refractivity contribution in [3.8, 4) is 0 Å². The third kappa shape index (κ3) is 4.85. The van der Waals surface area contributed by atoms with Crippen LogP contribution >= 0.6 is 0 Å². The summed E-state index contributed by atoms with van der Waals surface area (Å²) in [5.41, 5.74) is 2.65. The van der Waals surface area contributed by atoms with Crippen molar-refractivity contribution in [1.29, 1.82) is 0 Å². The zero-order chi connectivity index (χ0) is 20.0. The van der Waals surface area contributed by atoms with Gasteiger partial charge >= 0.3 is 0 Å². The van der Waals surface area contributed by atoms with Crippen molar-refractivity contribution >= 4 is 11.9 Å². The van der Waals surface area contributed by atoms with E-state index in [2.05, 4.69) is 44.8 Å². The Kier molecular flexibility index (Phi) is 6.94. The molecule has 0 unspecified atom stereocenters. The number of nitrogens with one attached hydrogen (secondary N) is 2. The highest BCUT2D eigenvalue weighted by molar-refractivity contribution is 5.85. The fraction of sp³-hybridized carbons (Fsp3) is 0.636. The number of guanidine groups is 1. The molecule has 1 aliphatic heterocycles. The SMILES string of the molecule is CN=C(NCCN1CCc2ccccc2C1)NCC1(C(=O)N(C)C)CCCC1. The van der Waals surface area contributed by atoms with E-state index in [1.807, 2.05) is 14.1 Å². The highest BCUT2D eigenvalue weighted by atomic mass is 16.2. The van der Waals surface area contributed by atoms with E-state index < -0.39 is 0 Å². The highest BCUT2D eigenvalue weighted by Gasteiger charge is 2.42. The van der Waals surface area contributed by atoms with Crippen LogP contribution in [0.3, 0.4) is 0 Å². The lowest BCUT2D eigenvalue weighted by Gasteiger charge is -2.32. The summed E-state index contributed by atoms with van der Waals surface area (Å²) in [6.07, 6.45) is 5.30. The first-order chi connectivity index (χ1) is 13.5. The Bertz CT molecular complexity index is 694. The van der Waals surface area contributed by atoms with Gasteiger partial charge in [0.2, 0.25) is 5.91 Å². The van der Waals surface area contributed by atoms with E-state index in [9.17, 15) is 4.79 Å². The van der Waals surface area contributed by atoms with E-state index in [1.54, 1.807) is 11.9 Å². The maximum atomic E-state index is 12.7. The maximum Gasteiger partial charge on any atom is 0.230 e. The smallest absolute Gasteiger partial charge is 0.230 e. The Hall–Kier alpha value is -2.08. The molecule has 1 aliphatic carbocycles. The fourth-order valence-corrected chi connectivity index (χ4v) is 4.54. The first kappa shape index (κ1) is 20.6. The topological polar surface area (TPSA) is 60.0 Å². The first-order valence-electron chi connectivity index (χ1n) is 10.5. The predicted molar refractivity (Wildman–Crippen MR) is 114 cm³/mol. The van der Waals surface area contributed by atoms with E-state index in [0.29, 0.717) is 6.54 Å². The van der Waals surface area contributed by atoms with Gasteiger partial charge in [-0.2, -0.15) is 0 Å². The van der Waals surface area contributed by atoms with Crippen molar-refractivity contribution < 1.29 is 4.79 Å². The molecular formula is C22H35N5O. The average Bonchev–Trinajstić information content (AvgIpc) is 3.19. The maximum absolute atomic E-state index is 12.7. The van der Waals surface area contributed by atoms with E-state index in [4.69, 9.17) is 0 Å². The molecule has 0 radical (unpaired) electrons. The van der Waals surface area contributed by atoms with Crippen LogP contribution in [0.2, 0.25) is 0 Å². The van der Waals surface area contributed by atoms with Gasteiger partial charge in [0.15, 0.2) is 5.96 Å². The number of hydrogen-bond donors (Lipinski definition) is 2. The monoisotopic (exact) mass is 385 g/mol. The van der Waals surface area contributed by atoms with Gasteiger partial charge in [0.25, 0.3) is 0 Å². The molecule has 1 aromatic rings. The van der Waals surface area contributed by atoms with Gasteiger partial charge < -0.3 is 15.5 Å². The molecule has 0 bridgehead atoms. The molecule has 0 saturated heterocycles. The Morgan fingerprint density at radius 1 is 1.18 bits per heavy atom. The fourth-order valence-electron chi connectivity index (χ4n) is 4.54. The van der Waals surface area contributed by atoms with E-state index in [-0.39, 0.29) is 11.3 Å². The zero-order valence-electron chi connectivity index (χ0n) is 17.6. The largest absolute Gasteiger partial charge is 0.355 e. The molecule has 2 N–H and O–H groups in total. The number of amides is 1. The Balaban J connectivity index is 1.46. The van der Waals surface area contributed by atoms with Crippen LogP contribution in [0.1, 0.15) is 36.8 Å². The van der Waals surface area contributed by atoms with Gasteiger partial charge in [0.1, 0.15) is 0 Å². The zero-order valence-corrected chi connectivity index (χ0v) is 17.6. The summed E-state index contributed by atoms with van der Waals surface area (Å²) in [7, 11) is 5.50. The summed E-state index contributed by atoms with van der Waals surface area (Å²) < 4.78 is 0. The minimum Gasteiger partial charge on any atom is -0.355 e. The minimum absolute atomic E-state index is 0.236. The molecule has 6 nitrogen and oxygen atoms in total. The molecule has 1 heterocycles. The molecule has 6 heteroatoms. The number of carbonyl (C=O) groups excluding carboxylic acids is 1. The van der Waals surface area contributed by atoms with Gasteiger partial charge in [-0.15, -0.1) is 0 Å². The van der Waals surface area contributed by atoms with Crippen LogP contribution < -0.4 is 10.6 Å². The van der Waals surface area contributed by atoms with Gasteiger partial charge in [-0.1, -0.05) is 37.1 Å². The van der Waals surface area contributed by atoms with Crippen LogP contribution in [0, 0.1) is 5.41 Å². The molecule has 1 amide bonds. The normalized spacial score (nSPS) is 19.2. The van der Waals surface area contributed by atoms with E-state index >= 15 is 0 Å². The number of fused-ring (bicyclic) bond motifs is 1. The summed E-state index contributed by atoms with van der Waals surface area (Å²) in [5.74, 6) is 1.02. The van der Waals surface area contributed by atoms with Crippen molar-refractivity contribution in [2.45, 2.75) is 38.6 Å². The van der Waals surface area contributed by atoms with Crippen LogP contribution in [0.4, 0.5) is 0 Å². The molecule has 2 aliphatic rings.